The van der Waals surface area contributed by atoms with Crippen molar-refractivity contribution in [1.29, 1.82) is 0 Å². The summed E-state index contributed by atoms with van der Waals surface area (Å²) >= 11 is 0. The Morgan fingerprint density at radius 3 is 2.25 bits per heavy atom. The van der Waals surface area contributed by atoms with Crippen LogP contribution in [0.15, 0.2) is 12.2 Å². The van der Waals surface area contributed by atoms with Crippen LogP contribution in [0.4, 0.5) is 0 Å². The number of aliphatic carboxylic acids is 1. The van der Waals surface area contributed by atoms with Crippen LogP contribution in [0.5, 0.6) is 0 Å². The molecule has 0 aliphatic heterocycles. The van der Waals surface area contributed by atoms with Crippen LogP contribution < -0.4 is 5.32 Å². The molecule has 0 amide bonds. The largest absolute Gasteiger partial charge is 0.478 e. The standard InChI is InChI=1S/C7H13NO4/c1-5(7(11)12)2-8-6(3-9)4-10/h6,8-10H,1-4H2,(H,11,12). The van der Waals surface area contributed by atoms with Gasteiger partial charge in [0.1, 0.15) is 0 Å². The summed E-state index contributed by atoms with van der Waals surface area (Å²) in [5, 5.41) is 28.2. The van der Waals surface area contributed by atoms with Crippen molar-refractivity contribution in [2.45, 2.75) is 6.04 Å². The first-order valence-corrected chi connectivity index (χ1v) is 3.48. The topological polar surface area (TPSA) is 89.8 Å². The minimum atomic E-state index is -1.09. The number of aliphatic hydroxyl groups is 2. The summed E-state index contributed by atoms with van der Waals surface area (Å²) in [6, 6.07) is -0.485. The summed E-state index contributed by atoms with van der Waals surface area (Å²) in [7, 11) is 0. The first-order chi connectivity index (χ1) is 5.61. The summed E-state index contributed by atoms with van der Waals surface area (Å²) in [6.45, 7) is 2.86. The van der Waals surface area contributed by atoms with E-state index in [4.69, 9.17) is 15.3 Å². The highest BCUT2D eigenvalue weighted by molar-refractivity contribution is 5.86. The van der Waals surface area contributed by atoms with E-state index >= 15 is 0 Å². The lowest BCUT2D eigenvalue weighted by Crippen LogP contribution is -2.37. The number of hydrogen-bond acceptors (Lipinski definition) is 4. The molecule has 0 saturated heterocycles. The van der Waals surface area contributed by atoms with Crippen LogP contribution in [-0.2, 0) is 4.79 Å². The molecule has 0 radical (unpaired) electrons. The predicted octanol–water partition coefficient (Wildman–Crippen LogP) is -1.43. The maximum atomic E-state index is 10.2. The molecule has 0 fully saturated rings. The highest BCUT2D eigenvalue weighted by atomic mass is 16.4. The average molecular weight is 175 g/mol. The lowest BCUT2D eigenvalue weighted by atomic mass is 10.2. The number of aliphatic hydroxyl groups excluding tert-OH is 2. The van der Waals surface area contributed by atoms with E-state index in [1.165, 1.54) is 0 Å². The Labute approximate surface area is 70.3 Å². The highest BCUT2D eigenvalue weighted by Crippen LogP contribution is 1.88. The number of carboxylic acids is 1. The molecule has 0 bridgehead atoms. The molecular weight excluding hydrogens is 162 g/mol. The van der Waals surface area contributed by atoms with Crippen molar-refractivity contribution in [3.63, 3.8) is 0 Å². The second-order valence-corrected chi connectivity index (χ2v) is 2.35. The zero-order valence-electron chi connectivity index (χ0n) is 6.66. The van der Waals surface area contributed by atoms with Crippen molar-refractivity contribution in [3.05, 3.63) is 12.2 Å². The van der Waals surface area contributed by atoms with Crippen LogP contribution in [0.2, 0.25) is 0 Å². The van der Waals surface area contributed by atoms with Gasteiger partial charge >= 0.3 is 5.97 Å². The smallest absolute Gasteiger partial charge is 0.332 e. The van der Waals surface area contributed by atoms with Gasteiger partial charge in [0.2, 0.25) is 0 Å². The van der Waals surface area contributed by atoms with Crippen molar-refractivity contribution < 1.29 is 20.1 Å². The second kappa shape index (κ2) is 5.70. The molecule has 12 heavy (non-hydrogen) atoms. The molecule has 0 aliphatic carbocycles. The Kier molecular flexibility index (Phi) is 5.27. The molecule has 0 unspecified atom stereocenters. The molecule has 0 aromatic rings. The van der Waals surface area contributed by atoms with Gasteiger partial charge in [-0.05, 0) is 0 Å². The molecule has 0 saturated carbocycles. The maximum Gasteiger partial charge on any atom is 0.332 e. The first-order valence-electron chi connectivity index (χ1n) is 3.48. The fraction of sp³-hybridized carbons (Fsp3) is 0.571. The SMILES string of the molecule is C=C(CNC(CO)CO)C(=O)O. The Morgan fingerprint density at radius 2 is 1.92 bits per heavy atom. The molecule has 5 heteroatoms. The van der Waals surface area contributed by atoms with E-state index < -0.39 is 12.0 Å². The summed E-state index contributed by atoms with van der Waals surface area (Å²) in [5.74, 6) is -1.09. The Hall–Kier alpha value is -0.910. The van der Waals surface area contributed by atoms with E-state index in [2.05, 4.69) is 11.9 Å². The van der Waals surface area contributed by atoms with Gasteiger partial charge in [-0.15, -0.1) is 0 Å². The van der Waals surface area contributed by atoms with Gasteiger partial charge in [-0.1, -0.05) is 6.58 Å². The lowest BCUT2D eigenvalue weighted by Gasteiger charge is -2.12. The van der Waals surface area contributed by atoms with E-state index in [9.17, 15) is 4.79 Å². The van der Waals surface area contributed by atoms with Gasteiger partial charge in [0.15, 0.2) is 0 Å². The monoisotopic (exact) mass is 175 g/mol. The van der Waals surface area contributed by atoms with Crippen molar-refractivity contribution in [2.75, 3.05) is 19.8 Å². The summed E-state index contributed by atoms with van der Waals surface area (Å²) in [5.41, 5.74) is 0.00176. The van der Waals surface area contributed by atoms with Gasteiger partial charge in [-0.3, -0.25) is 0 Å². The van der Waals surface area contributed by atoms with Gasteiger partial charge < -0.3 is 20.6 Å². The molecule has 0 aliphatic rings. The quantitative estimate of drug-likeness (QED) is 0.372. The third-order valence-corrected chi connectivity index (χ3v) is 1.35. The van der Waals surface area contributed by atoms with Gasteiger partial charge in [-0.2, -0.15) is 0 Å². The molecule has 0 aromatic heterocycles. The van der Waals surface area contributed by atoms with Crippen LogP contribution in [-0.4, -0.2) is 47.1 Å². The molecule has 70 valence electrons. The molecule has 0 rings (SSSR count). The van der Waals surface area contributed by atoms with E-state index in [0.717, 1.165) is 0 Å². The molecule has 4 N–H and O–H groups in total. The van der Waals surface area contributed by atoms with Crippen LogP contribution in [0.1, 0.15) is 0 Å². The second-order valence-electron chi connectivity index (χ2n) is 2.35. The van der Waals surface area contributed by atoms with Crippen LogP contribution in [0.25, 0.3) is 0 Å². The minimum absolute atomic E-state index is 0.00176. The summed E-state index contributed by atoms with van der Waals surface area (Å²) in [4.78, 5) is 10.2. The summed E-state index contributed by atoms with van der Waals surface area (Å²) < 4.78 is 0. The molecule has 0 aromatic carbocycles. The van der Waals surface area contributed by atoms with Crippen molar-refractivity contribution >= 4 is 5.97 Å². The van der Waals surface area contributed by atoms with Gasteiger partial charge in [0.25, 0.3) is 0 Å². The van der Waals surface area contributed by atoms with Crippen molar-refractivity contribution in [1.82, 2.24) is 5.32 Å². The predicted molar refractivity (Wildman–Crippen MR) is 42.7 cm³/mol. The molecule has 0 atom stereocenters. The van der Waals surface area contributed by atoms with Crippen LogP contribution >= 0.6 is 0 Å². The number of carbonyl (C=O) groups is 1. The molecule has 0 heterocycles. The molecular formula is C7H13NO4. The van der Waals surface area contributed by atoms with Gasteiger partial charge in [0.05, 0.1) is 19.3 Å². The number of carboxylic acid groups (broad SMARTS) is 1. The normalized spacial score (nSPS) is 10.2. The Balaban J connectivity index is 3.66. The average Bonchev–Trinajstić information content (AvgIpc) is 2.05. The maximum absolute atomic E-state index is 10.2. The number of rotatable bonds is 6. The lowest BCUT2D eigenvalue weighted by molar-refractivity contribution is -0.132. The van der Waals surface area contributed by atoms with E-state index in [0.29, 0.717) is 0 Å². The zero-order chi connectivity index (χ0) is 9.56. The van der Waals surface area contributed by atoms with Gasteiger partial charge in [0, 0.05) is 12.1 Å². The van der Waals surface area contributed by atoms with Gasteiger partial charge in [-0.25, -0.2) is 4.79 Å². The van der Waals surface area contributed by atoms with Crippen LogP contribution in [0.3, 0.4) is 0 Å². The highest BCUT2D eigenvalue weighted by Gasteiger charge is 2.07. The van der Waals surface area contributed by atoms with Crippen LogP contribution in [0, 0.1) is 0 Å². The van der Waals surface area contributed by atoms with E-state index in [1.54, 1.807) is 0 Å². The Morgan fingerprint density at radius 1 is 1.42 bits per heavy atom. The fourth-order valence-electron chi connectivity index (χ4n) is 0.530. The summed E-state index contributed by atoms with van der Waals surface area (Å²) in [6.07, 6.45) is 0. The fourth-order valence-corrected chi connectivity index (χ4v) is 0.530. The number of nitrogens with one attached hydrogen (secondary N) is 1. The Bertz CT molecular complexity index is 165. The van der Waals surface area contributed by atoms with Crippen molar-refractivity contribution in [2.24, 2.45) is 0 Å². The number of hydrogen-bond donors (Lipinski definition) is 4. The molecule has 5 nitrogen and oxygen atoms in total. The van der Waals surface area contributed by atoms with E-state index in [-0.39, 0.29) is 25.3 Å². The van der Waals surface area contributed by atoms with E-state index in [1.807, 2.05) is 0 Å². The molecule has 0 spiro atoms. The third-order valence-electron chi connectivity index (χ3n) is 1.35. The first kappa shape index (κ1) is 11.1. The zero-order valence-corrected chi connectivity index (χ0v) is 6.66. The minimum Gasteiger partial charge on any atom is -0.478 e. The van der Waals surface area contributed by atoms with Crippen molar-refractivity contribution in [3.8, 4) is 0 Å². The third kappa shape index (κ3) is 4.07.